The van der Waals surface area contributed by atoms with Crippen LogP contribution in [-0.2, 0) is 4.79 Å². The molecule has 0 radical (unpaired) electrons. The fraction of sp³-hybridized carbons (Fsp3) is 0.100. The maximum absolute atomic E-state index is 10.2. The molecule has 3 N–H and O–H groups in total. The van der Waals surface area contributed by atoms with Crippen LogP contribution in [0.3, 0.4) is 0 Å². The van der Waals surface area contributed by atoms with E-state index in [2.05, 4.69) is 11.8 Å². The van der Waals surface area contributed by atoms with Gasteiger partial charge in [-0.3, -0.25) is 4.79 Å². The maximum Gasteiger partial charge on any atom is 0.315 e. The lowest BCUT2D eigenvalue weighted by molar-refractivity contribution is -0.135. The zero-order chi connectivity index (χ0) is 11.4. The molecule has 0 amide bonds. The molecular weight excluding hydrogens is 237 g/mol. The largest absolute Gasteiger partial charge is 0.481 e. The molecule has 0 unspecified atom stereocenters. The van der Waals surface area contributed by atoms with Crippen molar-refractivity contribution >= 4 is 34.9 Å². The van der Waals surface area contributed by atoms with Crippen molar-refractivity contribution in [2.24, 2.45) is 0 Å². The second kappa shape index (κ2) is 4.92. The van der Waals surface area contributed by atoms with Crippen LogP contribution in [0.25, 0.3) is 0 Å². The van der Waals surface area contributed by atoms with Gasteiger partial charge < -0.3 is 10.8 Å². The molecule has 0 fully saturated rings. The fourth-order valence-corrected chi connectivity index (χ4v) is 1.26. The van der Waals surface area contributed by atoms with E-state index in [9.17, 15) is 4.79 Å². The third-order valence-corrected chi connectivity index (χ3v) is 2.47. The van der Waals surface area contributed by atoms with E-state index in [0.29, 0.717) is 11.3 Å². The number of nitrogens with two attached hydrogens (primary N) is 1. The number of halogens is 2. The van der Waals surface area contributed by atoms with Gasteiger partial charge in [0.1, 0.15) is 6.42 Å². The Morgan fingerprint density at radius 3 is 2.67 bits per heavy atom. The Bertz CT molecular complexity index is 460. The van der Waals surface area contributed by atoms with E-state index in [1.165, 1.54) is 0 Å². The third-order valence-electron chi connectivity index (χ3n) is 1.57. The first-order chi connectivity index (χ1) is 7.02. The Morgan fingerprint density at radius 2 is 2.07 bits per heavy atom. The summed E-state index contributed by atoms with van der Waals surface area (Å²) in [6, 6.07) is 3.16. The minimum absolute atomic E-state index is 0.235. The number of rotatable bonds is 1. The molecule has 0 aliphatic carbocycles. The average Bonchev–Trinajstić information content (AvgIpc) is 2.18. The zero-order valence-corrected chi connectivity index (χ0v) is 9.06. The van der Waals surface area contributed by atoms with Gasteiger partial charge in [0.25, 0.3) is 0 Å². The van der Waals surface area contributed by atoms with Gasteiger partial charge in [0.05, 0.1) is 15.7 Å². The van der Waals surface area contributed by atoms with E-state index in [1.807, 2.05) is 0 Å². The van der Waals surface area contributed by atoms with Crippen LogP contribution in [-0.4, -0.2) is 11.1 Å². The van der Waals surface area contributed by atoms with Crippen molar-refractivity contribution in [2.75, 3.05) is 5.73 Å². The lowest BCUT2D eigenvalue weighted by atomic mass is 10.2. The molecule has 1 aromatic carbocycles. The van der Waals surface area contributed by atoms with Crippen LogP contribution in [0.15, 0.2) is 12.1 Å². The zero-order valence-electron chi connectivity index (χ0n) is 7.55. The van der Waals surface area contributed by atoms with Crippen LogP contribution < -0.4 is 5.73 Å². The molecule has 0 aliphatic heterocycles. The maximum atomic E-state index is 10.2. The van der Waals surface area contributed by atoms with Crippen LogP contribution >= 0.6 is 23.2 Å². The van der Waals surface area contributed by atoms with Gasteiger partial charge in [0.2, 0.25) is 0 Å². The van der Waals surface area contributed by atoms with Gasteiger partial charge in [-0.2, -0.15) is 0 Å². The molecule has 0 bridgehead atoms. The summed E-state index contributed by atoms with van der Waals surface area (Å²) in [6.45, 7) is 0. The standard InChI is InChI=1S/C10H7Cl2NO2/c11-9-6(2-1-3-8(14)15)4-5-7(13)10(9)12/h4-5H,3,13H2,(H,14,15). The van der Waals surface area contributed by atoms with E-state index in [-0.39, 0.29) is 16.5 Å². The topological polar surface area (TPSA) is 63.3 Å². The molecule has 0 aromatic heterocycles. The number of nitrogen functional groups attached to an aromatic ring is 1. The molecule has 0 saturated carbocycles. The van der Waals surface area contributed by atoms with E-state index in [0.717, 1.165) is 0 Å². The van der Waals surface area contributed by atoms with Crippen LogP contribution in [0.1, 0.15) is 12.0 Å². The number of hydrogen-bond acceptors (Lipinski definition) is 2. The molecule has 0 saturated heterocycles. The molecule has 5 heteroatoms. The van der Waals surface area contributed by atoms with Gasteiger partial charge in [0.15, 0.2) is 0 Å². The van der Waals surface area contributed by atoms with Crippen molar-refractivity contribution in [3.8, 4) is 11.8 Å². The van der Waals surface area contributed by atoms with Crippen molar-refractivity contribution in [3.05, 3.63) is 27.7 Å². The first kappa shape index (κ1) is 11.7. The molecule has 1 rings (SSSR count). The highest BCUT2D eigenvalue weighted by molar-refractivity contribution is 6.44. The number of hydrogen-bond donors (Lipinski definition) is 2. The minimum atomic E-state index is -0.986. The number of carboxylic acid groups (broad SMARTS) is 1. The lowest BCUT2D eigenvalue weighted by Gasteiger charge is -2.01. The van der Waals surface area contributed by atoms with Crippen LogP contribution in [0.5, 0.6) is 0 Å². The number of aliphatic carboxylic acids is 1. The molecule has 1 aromatic rings. The minimum Gasteiger partial charge on any atom is -0.481 e. The second-order valence-corrected chi connectivity index (χ2v) is 3.46. The van der Waals surface area contributed by atoms with E-state index >= 15 is 0 Å². The SMILES string of the molecule is Nc1ccc(C#CCC(=O)O)c(Cl)c1Cl. The molecule has 0 spiro atoms. The predicted molar refractivity (Wildman–Crippen MR) is 60.0 cm³/mol. The van der Waals surface area contributed by atoms with Crippen molar-refractivity contribution in [2.45, 2.75) is 6.42 Å². The van der Waals surface area contributed by atoms with Crippen LogP contribution in [0, 0.1) is 11.8 Å². The molecule has 78 valence electrons. The Hall–Kier alpha value is -1.37. The highest BCUT2D eigenvalue weighted by Crippen LogP contribution is 2.30. The Balaban J connectivity index is 3.00. The Morgan fingerprint density at radius 1 is 1.40 bits per heavy atom. The van der Waals surface area contributed by atoms with Crippen molar-refractivity contribution in [1.82, 2.24) is 0 Å². The predicted octanol–water partition coefficient (Wildman–Crippen LogP) is 2.40. The average molecular weight is 244 g/mol. The summed E-state index contributed by atoms with van der Waals surface area (Å²) < 4.78 is 0. The summed E-state index contributed by atoms with van der Waals surface area (Å²) in [5.74, 6) is 4.08. The van der Waals surface area contributed by atoms with Crippen molar-refractivity contribution in [1.29, 1.82) is 0 Å². The van der Waals surface area contributed by atoms with Gasteiger partial charge in [0, 0.05) is 5.56 Å². The van der Waals surface area contributed by atoms with Crippen molar-refractivity contribution in [3.63, 3.8) is 0 Å². The number of anilines is 1. The molecule has 3 nitrogen and oxygen atoms in total. The van der Waals surface area contributed by atoms with Crippen molar-refractivity contribution < 1.29 is 9.90 Å². The van der Waals surface area contributed by atoms with Gasteiger partial charge in [-0.05, 0) is 12.1 Å². The number of benzene rings is 1. The normalized spacial score (nSPS) is 9.20. The highest BCUT2D eigenvalue weighted by Gasteiger charge is 2.05. The van der Waals surface area contributed by atoms with Gasteiger partial charge in [-0.15, -0.1) is 0 Å². The van der Waals surface area contributed by atoms with Crippen LogP contribution in [0.2, 0.25) is 10.0 Å². The number of carbonyl (C=O) groups is 1. The van der Waals surface area contributed by atoms with Gasteiger partial charge in [-0.25, -0.2) is 0 Å². The molecular formula is C10H7Cl2NO2. The fourth-order valence-electron chi connectivity index (χ4n) is 0.876. The monoisotopic (exact) mass is 243 g/mol. The summed E-state index contributed by atoms with van der Waals surface area (Å²) in [4.78, 5) is 10.2. The van der Waals surface area contributed by atoms with Crippen LogP contribution in [0.4, 0.5) is 5.69 Å². The smallest absolute Gasteiger partial charge is 0.315 e. The first-order valence-electron chi connectivity index (χ1n) is 3.96. The molecule has 0 atom stereocenters. The molecule has 15 heavy (non-hydrogen) atoms. The summed E-state index contributed by atoms with van der Waals surface area (Å²) in [6.07, 6.45) is -0.238. The van der Waals surface area contributed by atoms with Gasteiger partial charge >= 0.3 is 5.97 Å². The Labute approximate surface area is 96.8 Å². The lowest BCUT2D eigenvalue weighted by Crippen LogP contribution is -1.91. The van der Waals surface area contributed by atoms with E-state index in [1.54, 1.807) is 12.1 Å². The highest BCUT2D eigenvalue weighted by atomic mass is 35.5. The first-order valence-corrected chi connectivity index (χ1v) is 4.72. The second-order valence-electron chi connectivity index (χ2n) is 2.70. The molecule has 0 heterocycles. The Kier molecular flexibility index (Phi) is 3.84. The summed E-state index contributed by atoms with van der Waals surface area (Å²) in [5.41, 5.74) is 6.34. The summed E-state index contributed by atoms with van der Waals surface area (Å²) >= 11 is 11.6. The quantitative estimate of drug-likeness (QED) is 0.588. The molecule has 0 aliphatic rings. The summed E-state index contributed by atoms with van der Waals surface area (Å²) in [5, 5.41) is 8.86. The van der Waals surface area contributed by atoms with Gasteiger partial charge in [-0.1, -0.05) is 35.0 Å². The number of carboxylic acids is 1. The van der Waals surface area contributed by atoms with E-state index in [4.69, 9.17) is 34.0 Å². The van der Waals surface area contributed by atoms with E-state index < -0.39 is 5.97 Å². The summed E-state index contributed by atoms with van der Waals surface area (Å²) in [7, 11) is 0. The third kappa shape index (κ3) is 3.05.